The number of aromatic amines is 1. The zero-order valence-corrected chi connectivity index (χ0v) is 10.6. The highest BCUT2D eigenvalue weighted by atomic mass is 16.2. The first kappa shape index (κ1) is 11.6. The summed E-state index contributed by atoms with van der Waals surface area (Å²) in [6, 6.07) is 3.86. The molecule has 3 heterocycles. The number of hydrogen-bond acceptors (Lipinski definition) is 3. The molecule has 3 rings (SSSR count). The molecule has 5 nitrogen and oxygen atoms in total. The van der Waals surface area contributed by atoms with Crippen LogP contribution < -0.4 is 5.43 Å². The second-order valence-electron chi connectivity index (χ2n) is 4.45. The summed E-state index contributed by atoms with van der Waals surface area (Å²) in [4.78, 5) is 19.1. The third-order valence-electron chi connectivity index (χ3n) is 3.12. The minimum atomic E-state index is -0.137. The van der Waals surface area contributed by atoms with Gasteiger partial charge < -0.3 is 4.98 Å². The van der Waals surface area contributed by atoms with E-state index in [4.69, 9.17) is 0 Å². The molecule has 0 saturated carbocycles. The SMILES string of the molecule is CCCC1=NNC(=O)C1=Cc1c[nH]c2ncccc12. The molecule has 0 radical (unpaired) electrons. The van der Waals surface area contributed by atoms with Gasteiger partial charge >= 0.3 is 0 Å². The smallest absolute Gasteiger partial charge is 0.273 e. The van der Waals surface area contributed by atoms with Gasteiger partial charge in [0, 0.05) is 23.3 Å². The highest BCUT2D eigenvalue weighted by Crippen LogP contribution is 2.21. The monoisotopic (exact) mass is 254 g/mol. The number of amides is 1. The van der Waals surface area contributed by atoms with E-state index in [0.29, 0.717) is 5.57 Å². The summed E-state index contributed by atoms with van der Waals surface area (Å²) in [6.07, 6.45) is 7.23. The van der Waals surface area contributed by atoms with Crippen LogP contribution in [0.5, 0.6) is 0 Å². The number of aromatic nitrogens is 2. The fraction of sp³-hybridized carbons (Fsp3) is 0.214. The van der Waals surface area contributed by atoms with E-state index in [9.17, 15) is 4.79 Å². The van der Waals surface area contributed by atoms with E-state index in [0.717, 1.165) is 35.2 Å². The van der Waals surface area contributed by atoms with Gasteiger partial charge in [0.2, 0.25) is 0 Å². The van der Waals surface area contributed by atoms with E-state index in [2.05, 4.69) is 27.4 Å². The lowest BCUT2D eigenvalue weighted by Gasteiger charge is -1.98. The molecule has 19 heavy (non-hydrogen) atoms. The second-order valence-corrected chi connectivity index (χ2v) is 4.45. The Bertz CT molecular complexity index is 696. The number of carbonyl (C=O) groups excluding carboxylic acids is 1. The Labute approximate surface area is 110 Å². The lowest BCUT2D eigenvalue weighted by Crippen LogP contribution is -2.13. The summed E-state index contributed by atoms with van der Waals surface area (Å²) in [5.41, 5.74) is 5.77. The van der Waals surface area contributed by atoms with Crippen molar-refractivity contribution < 1.29 is 4.79 Å². The highest BCUT2D eigenvalue weighted by molar-refractivity contribution is 6.27. The number of hydrazone groups is 1. The van der Waals surface area contributed by atoms with Gasteiger partial charge in [0.1, 0.15) is 5.65 Å². The zero-order chi connectivity index (χ0) is 13.2. The number of rotatable bonds is 3. The summed E-state index contributed by atoms with van der Waals surface area (Å²) < 4.78 is 0. The second kappa shape index (κ2) is 4.68. The Balaban J connectivity index is 2.05. The summed E-state index contributed by atoms with van der Waals surface area (Å²) >= 11 is 0. The molecule has 2 aromatic heterocycles. The van der Waals surface area contributed by atoms with Gasteiger partial charge in [-0.3, -0.25) is 4.79 Å². The molecule has 0 fully saturated rings. The summed E-state index contributed by atoms with van der Waals surface area (Å²) in [5, 5.41) is 5.08. The van der Waals surface area contributed by atoms with Crippen molar-refractivity contribution in [3.05, 3.63) is 35.7 Å². The van der Waals surface area contributed by atoms with Crippen LogP contribution in [-0.2, 0) is 4.79 Å². The summed E-state index contributed by atoms with van der Waals surface area (Å²) in [6.45, 7) is 2.07. The van der Waals surface area contributed by atoms with Gasteiger partial charge in [-0.25, -0.2) is 10.4 Å². The van der Waals surface area contributed by atoms with Gasteiger partial charge in [-0.15, -0.1) is 0 Å². The van der Waals surface area contributed by atoms with Gasteiger partial charge in [0.05, 0.1) is 11.3 Å². The fourth-order valence-corrected chi connectivity index (χ4v) is 2.20. The van der Waals surface area contributed by atoms with Crippen LogP contribution in [0.2, 0.25) is 0 Å². The van der Waals surface area contributed by atoms with Crippen LogP contribution in [0.1, 0.15) is 25.3 Å². The van der Waals surface area contributed by atoms with Crippen molar-refractivity contribution in [2.45, 2.75) is 19.8 Å². The molecule has 0 unspecified atom stereocenters. The largest absolute Gasteiger partial charge is 0.346 e. The molecule has 0 atom stereocenters. The molecule has 1 aliphatic heterocycles. The number of H-pyrrole nitrogens is 1. The van der Waals surface area contributed by atoms with Crippen molar-refractivity contribution in [2.75, 3.05) is 0 Å². The van der Waals surface area contributed by atoms with Crippen LogP contribution in [0.4, 0.5) is 0 Å². The molecule has 0 aliphatic carbocycles. The molecule has 2 aromatic rings. The molecule has 0 saturated heterocycles. The summed E-state index contributed by atoms with van der Waals surface area (Å²) in [5.74, 6) is -0.137. The average Bonchev–Trinajstić information content (AvgIpc) is 2.98. The lowest BCUT2D eigenvalue weighted by molar-refractivity contribution is -0.116. The van der Waals surface area contributed by atoms with Crippen LogP contribution >= 0.6 is 0 Å². The predicted octanol–water partition coefficient (Wildman–Crippen LogP) is 2.23. The van der Waals surface area contributed by atoms with Gasteiger partial charge in [-0.05, 0) is 24.6 Å². The van der Waals surface area contributed by atoms with E-state index in [1.807, 2.05) is 24.4 Å². The Morgan fingerprint density at radius 2 is 2.32 bits per heavy atom. The first-order chi connectivity index (χ1) is 9.29. The topological polar surface area (TPSA) is 70.1 Å². The first-order valence-corrected chi connectivity index (χ1v) is 6.30. The third-order valence-corrected chi connectivity index (χ3v) is 3.12. The minimum absolute atomic E-state index is 0.137. The van der Waals surface area contributed by atoms with Crippen molar-refractivity contribution >= 4 is 28.7 Å². The fourth-order valence-electron chi connectivity index (χ4n) is 2.20. The Morgan fingerprint density at radius 1 is 1.42 bits per heavy atom. The maximum absolute atomic E-state index is 11.8. The van der Waals surface area contributed by atoms with Crippen LogP contribution in [0, 0.1) is 0 Å². The maximum atomic E-state index is 11.8. The van der Waals surface area contributed by atoms with E-state index < -0.39 is 0 Å². The van der Waals surface area contributed by atoms with Crippen LogP contribution in [0.25, 0.3) is 17.1 Å². The van der Waals surface area contributed by atoms with Gasteiger partial charge in [-0.1, -0.05) is 13.3 Å². The number of hydrogen-bond donors (Lipinski definition) is 2. The van der Waals surface area contributed by atoms with Crippen molar-refractivity contribution in [1.82, 2.24) is 15.4 Å². The standard InChI is InChI=1S/C14H14N4O/c1-2-4-12-11(14(19)18-17-12)7-9-8-16-13-10(9)5-3-6-15-13/h3,5-8H,2,4H2,1H3,(H,15,16)(H,18,19). The molecule has 96 valence electrons. The van der Waals surface area contributed by atoms with E-state index >= 15 is 0 Å². The van der Waals surface area contributed by atoms with E-state index in [1.165, 1.54) is 0 Å². The van der Waals surface area contributed by atoms with E-state index in [1.54, 1.807) is 6.20 Å². The van der Waals surface area contributed by atoms with Crippen LogP contribution in [0.3, 0.4) is 0 Å². The lowest BCUT2D eigenvalue weighted by atomic mass is 10.0. The molecule has 2 N–H and O–H groups in total. The normalized spacial score (nSPS) is 17.0. The number of nitrogens with one attached hydrogen (secondary N) is 2. The Kier molecular flexibility index (Phi) is 2.87. The van der Waals surface area contributed by atoms with Crippen molar-refractivity contribution in [2.24, 2.45) is 5.10 Å². The Hall–Kier alpha value is -2.43. The van der Waals surface area contributed by atoms with Crippen LogP contribution in [0.15, 0.2) is 35.2 Å². The molecule has 1 amide bonds. The number of fused-ring (bicyclic) bond motifs is 1. The molecule has 0 spiro atoms. The van der Waals surface area contributed by atoms with Crippen molar-refractivity contribution in [1.29, 1.82) is 0 Å². The molecule has 0 bridgehead atoms. The molecular weight excluding hydrogens is 240 g/mol. The highest BCUT2D eigenvalue weighted by Gasteiger charge is 2.21. The zero-order valence-electron chi connectivity index (χ0n) is 10.6. The van der Waals surface area contributed by atoms with Gasteiger partial charge in [0.25, 0.3) is 5.91 Å². The summed E-state index contributed by atoms with van der Waals surface area (Å²) in [7, 11) is 0. The van der Waals surface area contributed by atoms with Crippen molar-refractivity contribution in [3.63, 3.8) is 0 Å². The minimum Gasteiger partial charge on any atom is -0.346 e. The van der Waals surface area contributed by atoms with Crippen molar-refractivity contribution in [3.8, 4) is 0 Å². The third kappa shape index (κ3) is 2.03. The Morgan fingerprint density at radius 3 is 3.16 bits per heavy atom. The molecule has 1 aliphatic rings. The molecule has 5 heteroatoms. The average molecular weight is 254 g/mol. The number of carbonyl (C=O) groups is 1. The van der Waals surface area contributed by atoms with E-state index in [-0.39, 0.29) is 5.91 Å². The van der Waals surface area contributed by atoms with Gasteiger partial charge in [0.15, 0.2) is 0 Å². The van der Waals surface area contributed by atoms with Crippen LogP contribution in [-0.4, -0.2) is 21.6 Å². The maximum Gasteiger partial charge on any atom is 0.273 e. The number of pyridine rings is 1. The quantitative estimate of drug-likeness (QED) is 0.824. The molecular formula is C14H14N4O. The molecule has 0 aromatic carbocycles. The predicted molar refractivity (Wildman–Crippen MR) is 74.6 cm³/mol. The van der Waals surface area contributed by atoms with Gasteiger partial charge in [-0.2, -0.15) is 5.10 Å². The number of nitrogens with zero attached hydrogens (tertiary/aromatic N) is 2. The first-order valence-electron chi connectivity index (χ1n) is 6.30.